The van der Waals surface area contributed by atoms with Crippen LogP contribution >= 0.6 is 15.9 Å². The van der Waals surface area contributed by atoms with Gasteiger partial charge in [-0.25, -0.2) is 4.79 Å². The van der Waals surface area contributed by atoms with Gasteiger partial charge in [0.25, 0.3) is 0 Å². The summed E-state index contributed by atoms with van der Waals surface area (Å²) in [7, 11) is 0. The van der Waals surface area contributed by atoms with Gasteiger partial charge in [0.05, 0.1) is 0 Å². The third-order valence-electron chi connectivity index (χ3n) is 1.43. The Morgan fingerprint density at radius 3 is 2.62 bits per heavy atom. The number of hydrogen-bond donors (Lipinski definition) is 0. The van der Waals surface area contributed by atoms with Crippen molar-refractivity contribution < 1.29 is 14.1 Å². The minimum Gasteiger partial charge on any atom is -0.460 e. The molecule has 0 aromatic carbocycles. The van der Waals surface area contributed by atoms with Gasteiger partial charge in [0.1, 0.15) is 6.61 Å². The van der Waals surface area contributed by atoms with Crippen molar-refractivity contribution in [3.05, 3.63) is 30.6 Å². The highest BCUT2D eigenvalue weighted by molar-refractivity contribution is 9.09. The maximum absolute atomic E-state index is 11.1. The monoisotopic (exact) mass is 244 g/mol. The van der Waals surface area contributed by atoms with Gasteiger partial charge in [0.15, 0.2) is 12.4 Å². The van der Waals surface area contributed by atoms with E-state index >= 15 is 0 Å². The lowest BCUT2D eigenvalue weighted by atomic mass is 10.5. The number of halogens is 1. The zero-order valence-corrected chi connectivity index (χ0v) is 8.74. The minimum absolute atomic E-state index is 0.212. The molecule has 3 nitrogen and oxygen atoms in total. The molecule has 0 spiro atoms. The van der Waals surface area contributed by atoms with Gasteiger partial charge in [-0.3, -0.25) is 0 Å². The number of carbonyl (C=O) groups excluding carboxylic acids is 1. The summed E-state index contributed by atoms with van der Waals surface area (Å²) in [5.41, 5.74) is 0. The number of aromatic nitrogens is 1. The van der Waals surface area contributed by atoms with E-state index in [9.17, 15) is 4.79 Å². The SMILES string of the molecule is O=C(C[n+]1ccccc1)OCCBr. The molecule has 1 aromatic heterocycles. The van der Waals surface area contributed by atoms with Crippen LogP contribution in [0.3, 0.4) is 0 Å². The van der Waals surface area contributed by atoms with Crippen molar-refractivity contribution in [1.82, 2.24) is 0 Å². The zero-order valence-electron chi connectivity index (χ0n) is 7.15. The third kappa shape index (κ3) is 4.03. The van der Waals surface area contributed by atoms with Crippen LogP contribution in [-0.2, 0) is 16.1 Å². The molecule has 0 aliphatic rings. The van der Waals surface area contributed by atoms with Crippen LogP contribution in [-0.4, -0.2) is 17.9 Å². The van der Waals surface area contributed by atoms with E-state index < -0.39 is 0 Å². The molecule has 0 amide bonds. The van der Waals surface area contributed by atoms with Gasteiger partial charge in [-0.15, -0.1) is 0 Å². The van der Waals surface area contributed by atoms with E-state index in [0.29, 0.717) is 11.9 Å². The summed E-state index contributed by atoms with van der Waals surface area (Å²) in [4.78, 5) is 11.1. The quantitative estimate of drug-likeness (QED) is 0.448. The van der Waals surface area contributed by atoms with Crippen LogP contribution < -0.4 is 4.57 Å². The summed E-state index contributed by atoms with van der Waals surface area (Å²) >= 11 is 3.18. The fourth-order valence-electron chi connectivity index (χ4n) is 0.887. The van der Waals surface area contributed by atoms with Gasteiger partial charge in [0, 0.05) is 17.5 Å². The molecule has 13 heavy (non-hydrogen) atoms. The summed E-state index contributed by atoms with van der Waals surface area (Å²) in [6, 6.07) is 5.65. The summed E-state index contributed by atoms with van der Waals surface area (Å²) in [5, 5.41) is 0.679. The largest absolute Gasteiger partial charge is 0.460 e. The van der Waals surface area contributed by atoms with E-state index in [4.69, 9.17) is 4.74 Å². The summed E-state index contributed by atoms with van der Waals surface area (Å²) in [6.45, 7) is 0.695. The number of nitrogens with zero attached hydrogens (tertiary/aromatic N) is 1. The number of esters is 1. The maximum atomic E-state index is 11.1. The highest BCUT2D eigenvalue weighted by Crippen LogP contribution is 1.84. The van der Waals surface area contributed by atoms with E-state index in [1.54, 1.807) is 4.57 Å². The second-order valence-electron chi connectivity index (χ2n) is 2.46. The van der Waals surface area contributed by atoms with Gasteiger partial charge < -0.3 is 4.74 Å². The second kappa shape index (κ2) is 5.70. The predicted octanol–water partition coefficient (Wildman–Crippen LogP) is 0.912. The highest BCUT2D eigenvalue weighted by atomic mass is 79.9. The van der Waals surface area contributed by atoms with E-state index in [-0.39, 0.29) is 12.5 Å². The molecule has 0 saturated heterocycles. The van der Waals surface area contributed by atoms with Crippen molar-refractivity contribution in [2.24, 2.45) is 0 Å². The average molecular weight is 245 g/mol. The molecule has 1 aromatic rings. The first kappa shape index (κ1) is 10.2. The Bertz CT molecular complexity index is 264. The third-order valence-corrected chi connectivity index (χ3v) is 1.75. The standard InChI is InChI=1S/C9H11BrNO2/c10-4-7-13-9(12)8-11-5-2-1-3-6-11/h1-3,5-6H,4,7-8H2/q+1. The summed E-state index contributed by atoms with van der Waals surface area (Å²) in [5.74, 6) is -0.212. The molecule has 70 valence electrons. The summed E-state index contributed by atoms with van der Waals surface area (Å²) in [6.07, 6.45) is 3.66. The van der Waals surface area contributed by atoms with Crippen LogP contribution in [0.1, 0.15) is 0 Å². The van der Waals surface area contributed by atoms with Gasteiger partial charge >= 0.3 is 5.97 Å². The fourth-order valence-corrected chi connectivity index (χ4v) is 1.05. The topological polar surface area (TPSA) is 30.2 Å². The number of pyridine rings is 1. The fraction of sp³-hybridized carbons (Fsp3) is 0.333. The van der Waals surface area contributed by atoms with E-state index in [2.05, 4.69) is 15.9 Å². The Morgan fingerprint density at radius 2 is 2.00 bits per heavy atom. The van der Waals surface area contributed by atoms with Crippen LogP contribution in [0.4, 0.5) is 0 Å². The van der Waals surface area contributed by atoms with Crippen molar-refractivity contribution >= 4 is 21.9 Å². The zero-order chi connectivity index (χ0) is 9.52. The number of rotatable bonds is 4. The van der Waals surface area contributed by atoms with E-state index in [1.165, 1.54) is 0 Å². The van der Waals surface area contributed by atoms with E-state index in [0.717, 1.165) is 0 Å². The molecule has 0 saturated carbocycles. The maximum Gasteiger partial charge on any atom is 0.372 e. The molecule has 0 aliphatic heterocycles. The van der Waals surface area contributed by atoms with Crippen LogP contribution in [0, 0.1) is 0 Å². The lowest BCUT2D eigenvalue weighted by Crippen LogP contribution is -2.37. The predicted molar refractivity (Wildman–Crippen MR) is 51.4 cm³/mol. The molecule has 0 fully saturated rings. The van der Waals surface area contributed by atoms with Gasteiger partial charge in [-0.1, -0.05) is 22.0 Å². The normalized spacial score (nSPS) is 9.62. The van der Waals surface area contributed by atoms with Crippen molar-refractivity contribution in [3.63, 3.8) is 0 Å². The smallest absolute Gasteiger partial charge is 0.372 e. The van der Waals surface area contributed by atoms with Crippen molar-refractivity contribution in [1.29, 1.82) is 0 Å². The Kier molecular flexibility index (Phi) is 4.46. The first-order valence-corrected chi connectivity index (χ1v) is 5.11. The van der Waals surface area contributed by atoms with Crippen molar-refractivity contribution in [2.75, 3.05) is 11.9 Å². The highest BCUT2D eigenvalue weighted by Gasteiger charge is 2.08. The molecule has 1 heterocycles. The van der Waals surface area contributed by atoms with Crippen LogP contribution in [0.15, 0.2) is 30.6 Å². The Hall–Kier alpha value is -0.900. The van der Waals surface area contributed by atoms with Gasteiger partial charge in [0.2, 0.25) is 6.54 Å². The van der Waals surface area contributed by atoms with Crippen LogP contribution in [0.25, 0.3) is 0 Å². The average Bonchev–Trinajstić information content (AvgIpc) is 2.16. The van der Waals surface area contributed by atoms with Crippen molar-refractivity contribution in [2.45, 2.75) is 6.54 Å². The number of carbonyl (C=O) groups is 1. The number of hydrogen-bond acceptors (Lipinski definition) is 2. The Morgan fingerprint density at radius 1 is 1.31 bits per heavy atom. The lowest BCUT2D eigenvalue weighted by Gasteiger charge is -1.98. The summed E-state index contributed by atoms with van der Waals surface area (Å²) < 4.78 is 6.66. The van der Waals surface area contributed by atoms with Gasteiger partial charge in [-0.05, 0) is 0 Å². The first-order chi connectivity index (χ1) is 6.33. The molecule has 0 atom stereocenters. The number of ether oxygens (including phenoxy) is 1. The molecular weight excluding hydrogens is 234 g/mol. The lowest BCUT2D eigenvalue weighted by molar-refractivity contribution is -0.686. The minimum atomic E-state index is -0.212. The van der Waals surface area contributed by atoms with E-state index in [1.807, 2.05) is 30.6 Å². The molecule has 0 bridgehead atoms. The molecular formula is C9H11BrNO2+. The molecule has 0 unspecified atom stereocenters. The molecule has 4 heteroatoms. The van der Waals surface area contributed by atoms with Crippen LogP contribution in [0.2, 0.25) is 0 Å². The van der Waals surface area contributed by atoms with Gasteiger partial charge in [-0.2, -0.15) is 4.57 Å². The molecule has 0 aliphatic carbocycles. The van der Waals surface area contributed by atoms with Crippen molar-refractivity contribution in [3.8, 4) is 0 Å². The molecule has 1 rings (SSSR count). The molecule has 0 radical (unpaired) electrons. The van der Waals surface area contributed by atoms with Crippen LogP contribution in [0.5, 0.6) is 0 Å². The second-order valence-corrected chi connectivity index (χ2v) is 3.25. The Labute approximate surface area is 85.5 Å². The molecule has 0 N–H and O–H groups in total. The number of alkyl halides is 1. The first-order valence-electron chi connectivity index (χ1n) is 3.98. The Balaban J connectivity index is 2.37.